The van der Waals surface area contributed by atoms with Crippen molar-refractivity contribution in [3.05, 3.63) is 254 Å². The molecule has 0 bridgehead atoms. The predicted octanol–water partition coefficient (Wildman–Crippen LogP) is 17.2. The molecule has 2 heteroatoms. The monoisotopic (exact) mass is 818 g/mol. The minimum Gasteiger partial charge on any atom is -0.311 e. The van der Waals surface area contributed by atoms with Gasteiger partial charge in [0.2, 0.25) is 0 Å². The molecule has 0 aliphatic carbocycles. The Kier molecular flexibility index (Phi) is 10.0. The van der Waals surface area contributed by atoms with Gasteiger partial charge in [-0.1, -0.05) is 170 Å². The Bertz CT molecular complexity index is 3400. The van der Waals surface area contributed by atoms with Gasteiger partial charge in [-0.3, -0.25) is 0 Å². The van der Waals surface area contributed by atoms with Gasteiger partial charge in [0.05, 0.1) is 11.0 Å². The first kappa shape index (κ1) is 38.7. The summed E-state index contributed by atoms with van der Waals surface area (Å²) in [7, 11) is 0. The molecule has 0 saturated carbocycles. The molecule has 0 N–H and O–H groups in total. The van der Waals surface area contributed by atoms with E-state index in [4.69, 9.17) is 0 Å². The van der Waals surface area contributed by atoms with E-state index < -0.39 is 0 Å². The fraction of sp³-hybridized carbons (Fsp3) is 0.0323. The number of hydrogen-bond acceptors (Lipinski definition) is 1. The van der Waals surface area contributed by atoms with E-state index in [1.807, 2.05) is 0 Å². The van der Waals surface area contributed by atoms with E-state index in [0.29, 0.717) is 0 Å². The Hall–Kier alpha value is -8.20. The quantitative estimate of drug-likeness (QED) is 0.141. The van der Waals surface area contributed by atoms with Gasteiger partial charge < -0.3 is 9.47 Å². The molecule has 0 amide bonds. The van der Waals surface area contributed by atoms with Crippen LogP contribution in [0.1, 0.15) is 11.1 Å². The van der Waals surface area contributed by atoms with Crippen LogP contribution in [0.15, 0.2) is 243 Å². The Labute approximate surface area is 375 Å². The fourth-order valence-corrected chi connectivity index (χ4v) is 9.32. The van der Waals surface area contributed by atoms with E-state index in [9.17, 15) is 0 Å². The molecule has 0 saturated heterocycles. The number of fused-ring (bicyclic) bond motifs is 3. The molecule has 0 unspecified atom stereocenters. The summed E-state index contributed by atoms with van der Waals surface area (Å²) in [6, 6.07) is 88.2. The Morgan fingerprint density at radius 3 is 1.27 bits per heavy atom. The third-order valence-corrected chi connectivity index (χ3v) is 12.7. The maximum atomic E-state index is 2.39. The van der Waals surface area contributed by atoms with Gasteiger partial charge in [-0.15, -0.1) is 0 Å². The van der Waals surface area contributed by atoms with Gasteiger partial charge in [0.15, 0.2) is 0 Å². The van der Waals surface area contributed by atoms with Crippen LogP contribution < -0.4 is 4.90 Å². The Morgan fingerprint density at radius 1 is 0.281 bits per heavy atom. The highest BCUT2D eigenvalue weighted by molar-refractivity contribution is 6.10. The number of aromatic nitrogens is 1. The number of anilines is 3. The van der Waals surface area contributed by atoms with Crippen LogP contribution in [0.2, 0.25) is 0 Å². The van der Waals surface area contributed by atoms with E-state index in [1.165, 1.54) is 88.6 Å². The highest BCUT2D eigenvalue weighted by Crippen LogP contribution is 2.40. The molecular formula is C62H46N2. The largest absolute Gasteiger partial charge is 0.311 e. The van der Waals surface area contributed by atoms with Crippen molar-refractivity contribution in [3.63, 3.8) is 0 Å². The highest BCUT2D eigenvalue weighted by atomic mass is 15.1. The lowest BCUT2D eigenvalue weighted by Crippen LogP contribution is -2.09. The molecule has 1 heterocycles. The van der Waals surface area contributed by atoms with E-state index in [1.54, 1.807) is 0 Å². The Balaban J connectivity index is 0.944. The van der Waals surface area contributed by atoms with Crippen LogP contribution in [-0.2, 0) is 0 Å². The lowest BCUT2D eigenvalue weighted by molar-refractivity contribution is 1.18. The summed E-state index contributed by atoms with van der Waals surface area (Å²) in [4.78, 5) is 2.36. The van der Waals surface area contributed by atoms with Crippen LogP contribution in [0.5, 0.6) is 0 Å². The third kappa shape index (κ3) is 7.25. The average molecular weight is 819 g/mol. The summed E-state index contributed by atoms with van der Waals surface area (Å²) in [5, 5.41) is 2.48. The number of hydrogen-bond donors (Lipinski definition) is 0. The molecule has 11 rings (SSSR count). The maximum Gasteiger partial charge on any atom is 0.0541 e. The first-order valence-electron chi connectivity index (χ1n) is 22.1. The normalized spacial score (nSPS) is 11.3. The zero-order chi connectivity index (χ0) is 43.0. The van der Waals surface area contributed by atoms with Gasteiger partial charge in [0.25, 0.3) is 0 Å². The van der Waals surface area contributed by atoms with Crippen molar-refractivity contribution in [1.82, 2.24) is 4.57 Å². The topological polar surface area (TPSA) is 8.17 Å². The van der Waals surface area contributed by atoms with Gasteiger partial charge >= 0.3 is 0 Å². The van der Waals surface area contributed by atoms with E-state index >= 15 is 0 Å². The molecule has 64 heavy (non-hydrogen) atoms. The fourth-order valence-electron chi connectivity index (χ4n) is 9.32. The summed E-state index contributed by atoms with van der Waals surface area (Å²) < 4.78 is 2.39. The summed E-state index contributed by atoms with van der Waals surface area (Å²) in [6.07, 6.45) is 0. The van der Waals surface area contributed by atoms with Gasteiger partial charge in [0.1, 0.15) is 0 Å². The first-order valence-corrected chi connectivity index (χ1v) is 22.1. The second-order valence-corrected chi connectivity index (χ2v) is 16.7. The second-order valence-electron chi connectivity index (χ2n) is 16.7. The molecule has 11 aromatic rings. The third-order valence-electron chi connectivity index (χ3n) is 12.7. The molecule has 0 spiro atoms. The summed E-state index contributed by atoms with van der Waals surface area (Å²) in [5.74, 6) is 0. The van der Waals surface area contributed by atoms with Crippen molar-refractivity contribution < 1.29 is 0 Å². The van der Waals surface area contributed by atoms with Gasteiger partial charge in [-0.2, -0.15) is 0 Å². The molecule has 1 aromatic heterocycles. The molecule has 10 aromatic carbocycles. The average Bonchev–Trinajstić information content (AvgIpc) is 3.69. The molecule has 304 valence electrons. The minimum absolute atomic E-state index is 1.10. The van der Waals surface area contributed by atoms with E-state index in [-0.39, 0.29) is 0 Å². The van der Waals surface area contributed by atoms with Crippen LogP contribution in [-0.4, -0.2) is 4.57 Å². The van der Waals surface area contributed by atoms with Gasteiger partial charge in [-0.25, -0.2) is 0 Å². The summed E-state index contributed by atoms with van der Waals surface area (Å²) >= 11 is 0. The van der Waals surface area contributed by atoms with Crippen molar-refractivity contribution in [3.8, 4) is 61.3 Å². The lowest BCUT2D eigenvalue weighted by atomic mass is 9.93. The van der Waals surface area contributed by atoms with Gasteiger partial charge in [-0.05, 0) is 153 Å². The number of rotatable bonds is 9. The van der Waals surface area contributed by atoms with Crippen LogP contribution in [0, 0.1) is 13.8 Å². The Morgan fingerprint density at radius 2 is 0.688 bits per heavy atom. The summed E-state index contributed by atoms with van der Waals surface area (Å²) in [5.41, 5.74) is 21.6. The van der Waals surface area contributed by atoms with Crippen molar-refractivity contribution in [2.75, 3.05) is 4.90 Å². The molecular weight excluding hydrogens is 773 g/mol. The molecule has 0 radical (unpaired) electrons. The van der Waals surface area contributed by atoms with Crippen LogP contribution in [0.4, 0.5) is 17.1 Å². The van der Waals surface area contributed by atoms with Crippen LogP contribution >= 0.6 is 0 Å². The van der Waals surface area contributed by atoms with Crippen molar-refractivity contribution in [2.24, 2.45) is 0 Å². The zero-order valence-electron chi connectivity index (χ0n) is 36.0. The van der Waals surface area contributed by atoms with E-state index in [2.05, 4.69) is 266 Å². The van der Waals surface area contributed by atoms with Crippen molar-refractivity contribution in [2.45, 2.75) is 13.8 Å². The molecule has 0 aliphatic heterocycles. The van der Waals surface area contributed by atoms with E-state index in [0.717, 1.165) is 22.7 Å². The SMILES string of the molecule is Cc1ccccc1-c1cc(-c2ccc(N(c3ccc(-c4ccccc4)cc3)c3ccc(-c4ccc5c(c4)c4ccccc4n5-c4ccc(-c5ccccc5)cc4)cc3)cc2)ccc1C. The maximum absolute atomic E-state index is 2.39. The molecule has 2 nitrogen and oxygen atoms in total. The van der Waals surface area contributed by atoms with Crippen molar-refractivity contribution in [1.29, 1.82) is 0 Å². The minimum atomic E-state index is 1.10. The number of benzene rings is 10. The number of para-hydroxylation sites is 1. The molecule has 0 aliphatic rings. The summed E-state index contributed by atoms with van der Waals surface area (Å²) in [6.45, 7) is 4.39. The van der Waals surface area contributed by atoms with Gasteiger partial charge in [0, 0.05) is 33.5 Å². The van der Waals surface area contributed by atoms with Crippen LogP contribution in [0.25, 0.3) is 83.1 Å². The van der Waals surface area contributed by atoms with Crippen LogP contribution in [0.3, 0.4) is 0 Å². The smallest absolute Gasteiger partial charge is 0.0541 e. The standard InChI is InChI=1S/C62H46N2/c1-43-13-9-10-18-57(43)59-41-51(22-21-44(59)2)49-27-34-54(35-28-49)63(53-32-23-47(24-33-53)45-14-5-3-6-15-45)55-36-29-50(30-37-55)52-31-40-62-60(42-52)58-19-11-12-20-61(58)64(62)56-38-25-48(26-39-56)46-16-7-4-8-17-46/h3-42H,1-2H3. The highest BCUT2D eigenvalue weighted by Gasteiger charge is 2.17. The predicted molar refractivity (Wildman–Crippen MR) is 272 cm³/mol. The molecule has 0 fully saturated rings. The molecule has 0 atom stereocenters. The lowest BCUT2D eigenvalue weighted by Gasteiger charge is -2.26. The first-order chi connectivity index (χ1) is 31.6. The second kappa shape index (κ2) is 16.6. The zero-order valence-corrected chi connectivity index (χ0v) is 36.0. The van der Waals surface area contributed by atoms with Crippen molar-refractivity contribution >= 4 is 38.9 Å². The number of nitrogens with zero attached hydrogens (tertiary/aromatic N) is 2. The number of aryl methyl sites for hydroxylation is 2.